The third-order valence-electron chi connectivity index (χ3n) is 6.01. The van der Waals surface area contributed by atoms with Crippen LogP contribution in [-0.4, -0.2) is 10.5 Å². The second-order valence-electron chi connectivity index (χ2n) is 7.99. The number of pyridine rings is 1. The van der Waals surface area contributed by atoms with Crippen LogP contribution in [0.1, 0.15) is 52.5 Å². The minimum absolute atomic E-state index is 0.173. The Morgan fingerprint density at radius 1 is 1.07 bits per heavy atom. The van der Waals surface area contributed by atoms with Crippen LogP contribution in [0.15, 0.2) is 65.5 Å². The highest BCUT2D eigenvalue weighted by molar-refractivity contribution is 5.97. The van der Waals surface area contributed by atoms with E-state index < -0.39 is 0 Å². The first kappa shape index (κ1) is 20.1. The summed E-state index contributed by atoms with van der Waals surface area (Å²) >= 11 is 0. The van der Waals surface area contributed by atoms with E-state index in [0.717, 1.165) is 30.5 Å². The van der Waals surface area contributed by atoms with E-state index in [2.05, 4.69) is 5.32 Å². The third kappa shape index (κ3) is 3.80. The molecule has 4 rings (SSSR count). The quantitative estimate of drug-likeness (QED) is 0.660. The van der Waals surface area contributed by atoms with Crippen molar-refractivity contribution in [1.82, 2.24) is 9.88 Å². The molecule has 0 unspecified atom stereocenters. The number of hydrogen-bond donors (Lipinski definition) is 1. The highest BCUT2D eigenvalue weighted by Crippen LogP contribution is 2.38. The summed E-state index contributed by atoms with van der Waals surface area (Å²) < 4.78 is 15.4. The summed E-state index contributed by atoms with van der Waals surface area (Å²) in [5.74, 6) is -0.261. The molecule has 3 aromatic rings. The first-order valence-corrected chi connectivity index (χ1v) is 10.3. The van der Waals surface area contributed by atoms with Gasteiger partial charge < -0.3 is 5.32 Å². The molecule has 0 spiro atoms. The van der Waals surface area contributed by atoms with Crippen LogP contribution in [0.4, 0.5) is 4.39 Å². The predicted octanol–water partition coefficient (Wildman–Crippen LogP) is 4.86. The van der Waals surface area contributed by atoms with Gasteiger partial charge in [0.15, 0.2) is 0 Å². The summed E-state index contributed by atoms with van der Waals surface area (Å²) in [7, 11) is 0. The van der Waals surface area contributed by atoms with Gasteiger partial charge in [-0.05, 0) is 68.0 Å². The highest BCUT2D eigenvalue weighted by Gasteiger charge is 2.31. The molecule has 1 aliphatic carbocycles. The fourth-order valence-corrected chi connectivity index (χ4v) is 4.29. The zero-order valence-electron chi connectivity index (χ0n) is 17.2. The number of carbonyl (C=O) groups is 1. The molecule has 154 valence electrons. The Balaban J connectivity index is 1.73. The number of benzene rings is 2. The van der Waals surface area contributed by atoms with Crippen molar-refractivity contribution in [3.63, 3.8) is 0 Å². The lowest BCUT2D eigenvalue weighted by atomic mass is 9.77. The molecule has 1 amide bonds. The van der Waals surface area contributed by atoms with E-state index in [1.54, 1.807) is 24.5 Å². The van der Waals surface area contributed by atoms with Crippen molar-refractivity contribution in [3.8, 4) is 5.69 Å². The lowest BCUT2D eigenvalue weighted by molar-refractivity contribution is 0.0898. The number of amides is 1. The number of carbonyl (C=O) groups excluding carboxylic acids is 1. The van der Waals surface area contributed by atoms with Gasteiger partial charge in [-0.3, -0.25) is 14.2 Å². The molecule has 0 radical (unpaired) electrons. The predicted molar refractivity (Wildman–Crippen MR) is 115 cm³/mol. The van der Waals surface area contributed by atoms with Gasteiger partial charge in [0.2, 0.25) is 0 Å². The van der Waals surface area contributed by atoms with Gasteiger partial charge in [-0.2, -0.15) is 0 Å². The van der Waals surface area contributed by atoms with Gasteiger partial charge in [-0.1, -0.05) is 36.8 Å². The number of aromatic nitrogens is 1. The van der Waals surface area contributed by atoms with Gasteiger partial charge in [0.25, 0.3) is 11.5 Å². The Hall–Kier alpha value is -3.21. The average Bonchev–Trinajstić information content (AvgIpc) is 2.66. The molecule has 0 bridgehead atoms. The van der Waals surface area contributed by atoms with Crippen LogP contribution in [0, 0.1) is 25.6 Å². The van der Waals surface area contributed by atoms with Gasteiger partial charge in [-0.25, -0.2) is 4.39 Å². The van der Waals surface area contributed by atoms with Gasteiger partial charge in [0, 0.05) is 17.4 Å². The molecule has 1 aromatic heterocycles. The number of rotatable bonds is 5. The second kappa shape index (κ2) is 8.27. The zero-order valence-corrected chi connectivity index (χ0v) is 17.2. The van der Waals surface area contributed by atoms with E-state index in [1.807, 2.05) is 36.4 Å². The molecule has 5 heteroatoms. The Bertz CT molecular complexity index is 1130. The number of aryl methyl sites for hydroxylation is 1. The van der Waals surface area contributed by atoms with Crippen molar-refractivity contribution >= 4 is 5.91 Å². The van der Waals surface area contributed by atoms with Crippen LogP contribution in [0.3, 0.4) is 0 Å². The molecule has 1 aliphatic rings. The van der Waals surface area contributed by atoms with E-state index in [-0.39, 0.29) is 29.2 Å². The molecule has 4 nitrogen and oxygen atoms in total. The normalized spacial score (nSPS) is 14.8. The molecule has 1 fully saturated rings. The van der Waals surface area contributed by atoms with E-state index in [4.69, 9.17) is 0 Å². The maximum Gasteiger partial charge on any atom is 0.255 e. The lowest BCUT2D eigenvalue weighted by Gasteiger charge is -2.35. The van der Waals surface area contributed by atoms with Crippen LogP contribution in [0.2, 0.25) is 0 Å². The van der Waals surface area contributed by atoms with Crippen LogP contribution in [0.5, 0.6) is 0 Å². The molecule has 1 N–H and O–H groups in total. The summed E-state index contributed by atoms with van der Waals surface area (Å²) in [5, 5.41) is 3.14. The largest absolute Gasteiger partial charge is 0.345 e. The molecule has 30 heavy (non-hydrogen) atoms. The fourth-order valence-electron chi connectivity index (χ4n) is 4.29. The molecule has 2 aromatic carbocycles. The maximum atomic E-state index is 13.8. The monoisotopic (exact) mass is 404 g/mol. The van der Waals surface area contributed by atoms with Crippen molar-refractivity contribution in [1.29, 1.82) is 0 Å². The van der Waals surface area contributed by atoms with E-state index in [1.165, 1.54) is 18.2 Å². The van der Waals surface area contributed by atoms with Crippen molar-refractivity contribution in [2.24, 2.45) is 5.92 Å². The van der Waals surface area contributed by atoms with Crippen molar-refractivity contribution in [2.45, 2.75) is 39.2 Å². The molecule has 1 heterocycles. The first-order chi connectivity index (χ1) is 14.5. The zero-order chi connectivity index (χ0) is 21.3. The maximum absolute atomic E-state index is 13.8. The highest BCUT2D eigenvalue weighted by atomic mass is 19.1. The Morgan fingerprint density at radius 2 is 1.80 bits per heavy atom. The van der Waals surface area contributed by atoms with Crippen molar-refractivity contribution in [3.05, 3.63) is 99.2 Å². The standard InChI is InChI=1S/C25H25FN2O2/c1-16-14-22(29)28(21-12-4-3-5-13-21)17(2)23(16)25(30)27-24(18-8-6-9-18)19-10-7-11-20(26)15-19/h3-5,7,10-15,18,24H,6,8-9H2,1-2H3,(H,27,30)/t24-/m0/s1. The molecular weight excluding hydrogens is 379 g/mol. The average molecular weight is 404 g/mol. The lowest BCUT2D eigenvalue weighted by Crippen LogP contribution is -2.38. The fraction of sp³-hybridized carbons (Fsp3) is 0.280. The van der Waals surface area contributed by atoms with Gasteiger partial charge in [0.1, 0.15) is 5.82 Å². The minimum atomic E-state index is -0.309. The second-order valence-corrected chi connectivity index (χ2v) is 7.99. The summed E-state index contributed by atoms with van der Waals surface area (Å²) in [6.07, 6.45) is 3.12. The van der Waals surface area contributed by atoms with Crippen LogP contribution in [-0.2, 0) is 0 Å². The van der Waals surface area contributed by atoms with Crippen LogP contribution < -0.4 is 10.9 Å². The number of nitrogens with one attached hydrogen (secondary N) is 1. The van der Waals surface area contributed by atoms with E-state index >= 15 is 0 Å². The number of nitrogens with zero attached hydrogens (tertiary/aromatic N) is 1. The molecule has 1 atom stereocenters. The van der Waals surface area contributed by atoms with E-state index in [9.17, 15) is 14.0 Å². The third-order valence-corrected chi connectivity index (χ3v) is 6.01. The van der Waals surface area contributed by atoms with Crippen LogP contribution in [0.25, 0.3) is 5.69 Å². The molecular formula is C25H25FN2O2. The van der Waals surface area contributed by atoms with Gasteiger partial charge in [-0.15, -0.1) is 0 Å². The van der Waals surface area contributed by atoms with Crippen molar-refractivity contribution in [2.75, 3.05) is 0 Å². The minimum Gasteiger partial charge on any atom is -0.345 e. The smallest absolute Gasteiger partial charge is 0.255 e. The first-order valence-electron chi connectivity index (χ1n) is 10.3. The summed E-state index contributed by atoms with van der Waals surface area (Å²) in [6.45, 7) is 3.57. The van der Waals surface area contributed by atoms with Crippen molar-refractivity contribution < 1.29 is 9.18 Å². The van der Waals surface area contributed by atoms with Gasteiger partial charge >= 0.3 is 0 Å². The topological polar surface area (TPSA) is 51.1 Å². The molecule has 0 aliphatic heterocycles. The van der Waals surface area contributed by atoms with Crippen LogP contribution >= 0.6 is 0 Å². The van der Waals surface area contributed by atoms with Gasteiger partial charge in [0.05, 0.1) is 11.6 Å². The SMILES string of the molecule is Cc1cc(=O)n(-c2ccccc2)c(C)c1C(=O)N[C@H](c1cccc(F)c1)C1CCC1. The Morgan fingerprint density at radius 3 is 2.43 bits per heavy atom. The Kier molecular flexibility index (Phi) is 5.53. The number of hydrogen-bond acceptors (Lipinski definition) is 2. The number of halogens is 1. The molecule has 1 saturated carbocycles. The van der Waals surface area contributed by atoms with E-state index in [0.29, 0.717) is 16.8 Å². The summed E-state index contributed by atoms with van der Waals surface area (Å²) in [4.78, 5) is 26.0. The molecule has 0 saturated heterocycles. The summed E-state index contributed by atoms with van der Waals surface area (Å²) in [6, 6.07) is 17.0. The Labute approximate surface area is 175 Å². The summed E-state index contributed by atoms with van der Waals surface area (Å²) in [5.41, 5.74) is 3.03. The number of para-hydroxylation sites is 1.